The molecule has 20 heavy (non-hydrogen) atoms. The van der Waals surface area contributed by atoms with Crippen molar-refractivity contribution < 1.29 is 9.53 Å². The number of carbonyl (C=O) groups excluding carboxylic acids is 1. The highest BCUT2D eigenvalue weighted by Gasteiger charge is 2.17. The Labute approximate surface area is 120 Å². The maximum atomic E-state index is 11.6. The molecule has 0 saturated heterocycles. The highest BCUT2D eigenvalue weighted by Crippen LogP contribution is 2.30. The topological polar surface area (TPSA) is 64.3 Å². The molecule has 1 aromatic rings. The molecular formula is C16H24N2O2. The molecule has 0 heterocycles. The lowest BCUT2D eigenvalue weighted by Crippen LogP contribution is -2.29. The first kappa shape index (κ1) is 14.9. The molecule has 3 N–H and O–H groups in total. The van der Waals surface area contributed by atoms with Crippen molar-refractivity contribution in [3.05, 3.63) is 29.3 Å². The molecule has 0 radical (unpaired) electrons. The van der Waals surface area contributed by atoms with Crippen molar-refractivity contribution >= 4 is 5.91 Å². The minimum absolute atomic E-state index is 0.0672. The van der Waals surface area contributed by atoms with Crippen molar-refractivity contribution in [2.24, 2.45) is 5.73 Å². The first-order valence-electron chi connectivity index (χ1n) is 7.48. The maximum absolute atomic E-state index is 11.6. The molecule has 1 aliphatic rings. The second kappa shape index (κ2) is 7.29. The van der Waals surface area contributed by atoms with E-state index in [-0.39, 0.29) is 18.6 Å². The highest BCUT2D eigenvalue weighted by atomic mass is 16.5. The zero-order valence-electron chi connectivity index (χ0n) is 12.2. The summed E-state index contributed by atoms with van der Waals surface area (Å²) in [5.74, 6) is 0.659. The standard InChI is InChI=1S/C16H24N2O2/c1-2-3-9-18-16(19)11-20-13-8-7-12-5-4-6-15(17)14(12)10-13/h7-8,10,15H,2-6,9,11,17H2,1H3,(H,18,19). The van der Waals surface area contributed by atoms with E-state index in [1.165, 1.54) is 11.1 Å². The fraction of sp³-hybridized carbons (Fsp3) is 0.562. The predicted molar refractivity (Wildman–Crippen MR) is 79.7 cm³/mol. The van der Waals surface area contributed by atoms with Gasteiger partial charge in [0.1, 0.15) is 5.75 Å². The SMILES string of the molecule is CCCCNC(=O)COc1ccc2c(c1)C(N)CCC2. The van der Waals surface area contributed by atoms with Crippen LogP contribution >= 0.6 is 0 Å². The molecule has 0 spiro atoms. The van der Waals surface area contributed by atoms with E-state index in [4.69, 9.17) is 10.5 Å². The Balaban J connectivity index is 1.87. The number of fused-ring (bicyclic) bond motifs is 1. The average molecular weight is 276 g/mol. The summed E-state index contributed by atoms with van der Waals surface area (Å²) < 4.78 is 5.55. The quantitative estimate of drug-likeness (QED) is 0.784. The summed E-state index contributed by atoms with van der Waals surface area (Å²) in [5, 5.41) is 2.84. The van der Waals surface area contributed by atoms with Gasteiger partial charge in [0.2, 0.25) is 0 Å². The summed E-state index contributed by atoms with van der Waals surface area (Å²) in [6, 6.07) is 6.08. The Morgan fingerprint density at radius 3 is 3.15 bits per heavy atom. The lowest BCUT2D eigenvalue weighted by molar-refractivity contribution is -0.123. The third-order valence-electron chi connectivity index (χ3n) is 3.70. The summed E-state index contributed by atoms with van der Waals surface area (Å²) in [5.41, 5.74) is 8.59. The Kier molecular flexibility index (Phi) is 5.41. The van der Waals surface area contributed by atoms with Crippen LogP contribution in [0.2, 0.25) is 0 Å². The molecule has 1 aliphatic carbocycles. The normalized spacial score (nSPS) is 17.4. The Bertz CT molecular complexity index is 460. The van der Waals surface area contributed by atoms with Crippen LogP contribution in [-0.2, 0) is 11.2 Å². The highest BCUT2D eigenvalue weighted by molar-refractivity contribution is 5.77. The van der Waals surface area contributed by atoms with Gasteiger partial charge in [0.25, 0.3) is 5.91 Å². The van der Waals surface area contributed by atoms with Gasteiger partial charge in [0.05, 0.1) is 0 Å². The van der Waals surface area contributed by atoms with Gasteiger partial charge < -0.3 is 15.8 Å². The maximum Gasteiger partial charge on any atom is 0.257 e. The number of hydrogen-bond donors (Lipinski definition) is 2. The van der Waals surface area contributed by atoms with E-state index in [9.17, 15) is 4.79 Å². The number of ether oxygens (including phenoxy) is 1. The molecule has 0 saturated carbocycles. The van der Waals surface area contributed by atoms with Crippen LogP contribution in [0, 0.1) is 0 Å². The number of rotatable bonds is 6. The van der Waals surface area contributed by atoms with E-state index in [0.717, 1.165) is 37.9 Å². The largest absolute Gasteiger partial charge is 0.484 e. The lowest BCUT2D eigenvalue weighted by Gasteiger charge is -2.22. The molecule has 2 rings (SSSR count). The third kappa shape index (κ3) is 3.97. The van der Waals surface area contributed by atoms with Crippen LogP contribution in [0.15, 0.2) is 18.2 Å². The van der Waals surface area contributed by atoms with Crippen molar-refractivity contribution in [3.63, 3.8) is 0 Å². The van der Waals surface area contributed by atoms with Gasteiger partial charge in [-0.3, -0.25) is 4.79 Å². The fourth-order valence-electron chi connectivity index (χ4n) is 2.51. The summed E-state index contributed by atoms with van der Waals surface area (Å²) in [6.45, 7) is 2.88. The molecule has 4 nitrogen and oxygen atoms in total. The molecule has 0 bridgehead atoms. The lowest BCUT2D eigenvalue weighted by atomic mass is 9.88. The summed E-state index contributed by atoms with van der Waals surface area (Å²) >= 11 is 0. The van der Waals surface area contributed by atoms with E-state index >= 15 is 0 Å². The Hall–Kier alpha value is -1.55. The minimum Gasteiger partial charge on any atom is -0.484 e. The van der Waals surface area contributed by atoms with Crippen molar-refractivity contribution in [2.45, 2.75) is 45.1 Å². The van der Waals surface area contributed by atoms with Gasteiger partial charge in [0.15, 0.2) is 6.61 Å². The summed E-state index contributed by atoms with van der Waals surface area (Å²) in [4.78, 5) is 11.6. The van der Waals surface area contributed by atoms with Crippen LogP contribution in [0.1, 0.15) is 49.8 Å². The van der Waals surface area contributed by atoms with Crippen LogP contribution in [0.3, 0.4) is 0 Å². The summed E-state index contributed by atoms with van der Waals surface area (Å²) in [6.07, 6.45) is 5.33. The van der Waals surface area contributed by atoms with E-state index < -0.39 is 0 Å². The predicted octanol–water partition coefficient (Wildman–Crippen LogP) is 2.32. The number of hydrogen-bond acceptors (Lipinski definition) is 3. The molecule has 1 amide bonds. The number of unbranched alkanes of at least 4 members (excludes halogenated alkanes) is 1. The molecule has 0 aliphatic heterocycles. The number of nitrogens with one attached hydrogen (secondary N) is 1. The smallest absolute Gasteiger partial charge is 0.257 e. The average Bonchev–Trinajstić information content (AvgIpc) is 2.46. The van der Waals surface area contributed by atoms with Gasteiger partial charge in [-0.15, -0.1) is 0 Å². The molecular weight excluding hydrogens is 252 g/mol. The van der Waals surface area contributed by atoms with E-state index in [1.54, 1.807) is 0 Å². The number of carbonyl (C=O) groups is 1. The van der Waals surface area contributed by atoms with Crippen LogP contribution in [0.25, 0.3) is 0 Å². The Morgan fingerprint density at radius 1 is 1.50 bits per heavy atom. The second-order valence-electron chi connectivity index (χ2n) is 5.35. The molecule has 1 unspecified atom stereocenters. The van der Waals surface area contributed by atoms with Crippen LogP contribution in [-0.4, -0.2) is 19.1 Å². The first-order valence-corrected chi connectivity index (χ1v) is 7.48. The monoisotopic (exact) mass is 276 g/mol. The van der Waals surface area contributed by atoms with Crippen molar-refractivity contribution in [3.8, 4) is 5.75 Å². The van der Waals surface area contributed by atoms with Gasteiger partial charge >= 0.3 is 0 Å². The number of benzene rings is 1. The molecule has 4 heteroatoms. The fourth-order valence-corrected chi connectivity index (χ4v) is 2.51. The van der Waals surface area contributed by atoms with E-state index in [2.05, 4.69) is 18.3 Å². The van der Waals surface area contributed by atoms with E-state index in [0.29, 0.717) is 6.54 Å². The molecule has 110 valence electrons. The zero-order valence-corrected chi connectivity index (χ0v) is 12.2. The van der Waals surface area contributed by atoms with Gasteiger partial charge in [0, 0.05) is 12.6 Å². The second-order valence-corrected chi connectivity index (χ2v) is 5.35. The zero-order chi connectivity index (χ0) is 14.4. The molecule has 0 fully saturated rings. The number of amides is 1. The van der Waals surface area contributed by atoms with Crippen LogP contribution < -0.4 is 15.8 Å². The van der Waals surface area contributed by atoms with E-state index in [1.807, 2.05) is 12.1 Å². The van der Waals surface area contributed by atoms with Crippen molar-refractivity contribution in [1.82, 2.24) is 5.32 Å². The number of nitrogens with two attached hydrogens (primary N) is 1. The van der Waals surface area contributed by atoms with Gasteiger partial charge in [-0.2, -0.15) is 0 Å². The number of aryl methyl sites for hydroxylation is 1. The van der Waals surface area contributed by atoms with Crippen LogP contribution in [0.4, 0.5) is 0 Å². The summed E-state index contributed by atoms with van der Waals surface area (Å²) in [7, 11) is 0. The van der Waals surface area contributed by atoms with Crippen molar-refractivity contribution in [2.75, 3.05) is 13.2 Å². The molecule has 0 aromatic heterocycles. The van der Waals surface area contributed by atoms with Crippen LogP contribution in [0.5, 0.6) is 5.75 Å². The van der Waals surface area contributed by atoms with Gasteiger partial charge in [-0.25, -0.2) is 0 Å². The van der Waals surface area contributed by atoms with Crippen molar-refractivity contribution in [1.29, 1.82) is 0 Å². The third-order valence-corrected chi connectivity index (χ3v) is 3.70. The molecule has 1 atom stereocenters. The van der Waals surface area contributed by atoms with Gasteiger partial charge in [-0.05, 0) is 48.9 Å². The molecule has 1 aromatic carbocycles. The van der Waals surface area contributed by atoms with Gasteiger partial charge in [-0.1, -0.05) is 19.4 Å². The minimum atomic E-state index is -0.0690. The first-order chi connectivity index (χ1) is 9.70. The Morgan fingerprint density at radius 2 is 2.35 bits per heavy atom.